The number of Topliss-reactive ketones (excluding diaryl/α,β-unsaturated/α-hetero) is 1. The molecule has 3 heterocycles. The summed E-state index contributed by atoms with van der Waals surface area (Å²) in [5.74, 6) is 1.83. The lowest BCUT2D eigenvalue weighted by Crippen LogP contribution is -2.31. The molecule has 0 bridgehead atoms. The van der Waals surface area contributed by atoms with Gasteiger partial charge >= 0.3 is 0 Å². The molecule has 9 heteroatoms. The summed E-state index contributed by atoms with van der Waals surface area (Å²) in [5.41, 5.74) is 3.89. The Labute approximate surface area is 194 Å². The van der Waals surface area contributed by atoms with Gasteiger partial charge in [-0.15, -0.1) is 11.3 Å². The predicted octanol–water partition coefficient (Wildman–Crippen LogP) is 4.06. The highest BCUT2D eigenvalue weighted by Crippen LogP contribution is 2.49. The average Bonchev–Trinajstić information content (AvgIpc) is 3.41. The molecule has 5 rings (SSSR count). The van der Waals surface area contributed by atoms with Crippen LogP contribution in [0.2, 0.25) is 0 Å². The van der Waals surface area contributed by atoms with Gasteiger partial charge in [0.25, 0.3) is 5.56 Å². The molecule has 1 aliphatic carbocycles. The van der Waals surface area contributed by atoms with Gasteiger partial charge in [0.2, 0.25) is 5.75 Å². The molecule has 2 atom stereocenters. The zero-order valence-electron chi connectivity index (χ0n) is 18.8. The molecular weight excluding hydrogens is 442 g/mol. The van der Waals surface area contributed by atoms with E-state index in [0.29, 0.717) is 47.0 Å². The van der Waals surface area contributed by atoms with Crippen molar-refractivity contribution in [2.24, 2.45) is 0 Å². The number of hydrogen-bond donors (Lipinski definition) is 3. The standard InChI is InChI=1S/C24H25N3O5S/c1-11-5-6-33-22(11)19-18-14(25-23-20(19)24(29)27-26-23)7-12(8-15(18)28)13-9-16(30-2)21(32-4)17(10-13)31-3/h5-6,9-10,12,19H,7-8H2,1-4H3,(H3,25,26,27,29). The Morgan fingerprint density at radius 2 is 1.73 bits per heavy atom. The van der Waals surface area contributed by atoms with E-state index in [1.165, 1.54) is 0 Å². The number of methoxy groups -OCH3 is 3. The number of rotatable bonds is 5. The second-order valence-corrected chi connectivity index (χ2v) is 9.22. The number of aromatic nitrogens is 2. The summed E-state index contributed by atoms with van der Waals surface area (Å²) >= 11 is 1.57. The molecule has 0 saturated carbocycles. The van der Waals surface area contributed by atoms with Gasteiger partial charge in [-0.05, 0) is 54.0 Å². The summed E-state index contributed by atoms with van der Waals surface area (Å²) in [6.45, 7) is 2.01. The van der Waals surface area contributed by atoms with E-state index in [1.54, 1.807) is 32.7 Å². The van der Waals surface area contributed by atoms with Gasteiger partial charge in [-0.2, -0.15) is 0 Å². The van der Waals surface area contributed by atoms with E-state index in [2.05, 4.69) is 15.5 Å². The van der Waals surface area contributed by atoms with Crippen molar-refractivity contribution in [1.29, 1.82) is 0 Å². The first-order valence-corrected chi connectivity index (χ1v) is 11.5. The Morgan fingerprint density at radius 1 is 1.00 bits per heavy atom. The van der Waals surface area contributed by atoms with Crippen molar-refractivity contribution >= 4 is 22.9 Å². The summed E-state index contributed by atoms with van der Waals surface area (Å²) in [7, 11) is 4.72. The number of allylic oxidation sites excluding steroid dienone is 2. The summed E-state index contributed by atoms with van der Waals surface area (Å²) in [6.07, 6.45) is 0.949. The molecule has 0 saturated heterocycles. The molecule has 3 aromatic rings. The zero-order valence-corrected chi connectivity index (χ0v) is 19.6. The van der Waals surface area contributed by atoms with Crippen LogP contribution in [0, 0.1) is 6.92 Å². The number of aryl methyl sites for hydroxylation is 1. The molecule has 33 heavy (non-hydrogen) atoms. The smallest absolute Gasteiger partial charge is 0.270 e. The van der Waals surface area contributed by atoms with Gasteiger partial charge in [-0.3, -0.25) is 19.8 Å². The zero-order chi connectivity index (χ0) is 23.3. The minimum atomic E-state index is -0.375. The molecule has 0 radical (unpaired) electrons. The van der Waals surface area contributed by atoms with Crippen LogP contribution < -0.4 is 25.1 Å². The molecule has 2 aromatic heterocycles. The summed E-state index contributed by atoms with van der Waals surface area (Å²) in [5, 5.41) is 11.0. The van der Waals surface area contributed by atoms with Gasteiger partial charge < -0.3 is 19.5 Å². The summed E-state index contributed by atoms with van der Waals surface area (Å²) < 4.78 is 16.5. The lowest BCUT2D eigenvalue weighted by atomic mass is 9.74. The van der Waals surface area contributed by atoms with Crippen LogP contribution in [0.5, 0.6) is 17.2 Å². The maximum absolute atomic E-state index is 13.6. The number of aromatic amines is 2. The molecule has 3 N–H and O–H groups in total. The van der Waals surface area contributed by atoms with Crippen LogP contribution >= 0.6 is 11.3 Å². The first-order valence-electron chi connectivity index (χ1n) is 10.6. The first-order chi connectivity index (χ1) is 16.0. The van der Waals surface area contributed by atoms with E-state index in [-0.39, 0.29) is 23.2 Å². The van der Waals surface area contributed by atoms with Gasteiger partial charge in [-0.1, -0.05) is 0 Å². The molecule has 2 unspecified atom stereocenters. The van der Waals surface area contributed by atoms with Crippen LogP contribution in [0.3, 0.4) is 0 Å². The number of H-pyrrole nitrogens is 2. The third-order valence-corrected chi connectivity index (χ3v) is 7.58. The fourth-order valence-electron chi connectivity index (χ4n) is 4.94. The largest absolute Gasteiger partial charge is 0.493 e. The van der Waals surface area contributed by atoms with Crippen molar-refractivity contribution in [2.75, 3.05) is 26.6 Å². The summed E-state index contributed by atoms with van der Waals surface area (Å²) in [4.78, 5) is 27.3. The number of hydrogen-bond acceptors (Lipinski definition) is 7. The average molecular weight is 468 g/mol. The molecule has 2 aliphatic rings. The molecular formula is C24H25N3O5S. The molecule has 8 nitrogen and oxygen atoms in total. The Balaban J connectivity index is 1.60. The predicted molar refractivity (Wildman–Crippen MR) is 126 cm³/mol. The van der Waals surface area contributed by atoms with Gasteiger partial charge in [0, 0.05) is 22.6 Å². The van der Waals surface area contributed by atoms with Crippen LogP contribution in [0.25, 0.3) is 0 Å². The van der Waals surface area contributed by atoms with Crippen molar-refractivity contribution in [2.45, 2.75) is 31.6 Å². The third-order valence-electron chi connectivity index (χ3n) is 6.50. The van der Waals surface area contributed by atoms with E-state index in [0.717, 1.165) is 21.7 Å². The van der Waals surface area contributed by atoms with Gasteiger partial charge in [0.15, 0.2) is 17.3 Å². The fraction of sp³-hybridized carbons (Fsp3) is 0.333. The maximum atomic E-state index is 13.6. The fourth-order valence-corrected chi connectivity index (χ4v) is 5.98. The van der Waals surface area contributed by atoms with Crippen molar-refractivity contribution in [3.8, 4) is 17.2 Å². The number of carbonyl (C=O) groups excluding carboxylic acids is 1. The molecule has 0 fully saturated rings. The monoisotopic (exact) mass is 467 g/mol. The van der Waals surface area contributed by atoms with Crippen LogP contribution in [0.1, 0.15) is 46.2 Å². The highest BCUT2D eigenvalue weighted by Gasteiger charge is 2.41. The normalized spacial score (nSPS) is 19.6. The number of benzene rings is 1. The number of anilines is 1. The van der Waals surface area contributed by atoms with E-state index in [9.17, 15) is 9.59 Å². The van der Waals surface area contributed by atoms with Crippen LogP contribution in [0.4, 0.5) is 5.82 Å². The number of ketones is 1. The van der Waals surface area contributed by atoms with Crippen molar-refractivity contribution in [3.05, 3.63) is 66.8 Å². The minimum absolute atomic E-state index is 0.0338. The van der Waals surface area contributed by atoms with E-state index < -0.39 is 0 Å². The number of fused-ring (bicyclic) bond motifs is 1. The molecule has 172 valence electrons. The Hall–Kier alpha value is -3.46. The quantitative estimate of drug-likeness (QED) is 0.523. The number of thiophene rings is 1. The molecule has 0 amide bonds. The molecule has 0 spiro atoms. The highest BCUT2D eigenvalue weighted by atomic mass is 32.1. The second-order valence-electron chi connectivity index (χ2n) is 8.27. The summed E-state index contributed by atoms with van der Waals surface area (Å²) in [6, 6.07) is 5.82. The Morgan fingerprint density at radius 3 is 2.33 bits per heavy atom. The Bertz CT molecular complexity index is 1310. The second kappa shape index (κ2) is 8.15. The maximum Gasteiger partial charge on any atom is 0.270 e. The van der Waals surface area contributed by atoms with E-state index >= 15 is 0 Å². The first kappa shape index (κ1) is 21.4. The lowest BCUT2D eigenvalue weighted by Gasteiger charge is -2.34. The number of carbonyl (C=O) groups is 1. The minimum Gasteiger partial charge on any atom is -0.493 e. The van der Waals surface area contributed by atoms with Crippen LogP contribution in [0.15, 0.2) is 39.6 Å². The van der Waals surface area contributed by atoms with Crippen molar-refractivity contribution in [1.82, 2.24) is 10.2 Å². The van der Waals surface area contributed by atoms with E-state index in [4.69, 9.17) is 14.2 Å². The van der Waals surface area contributed by atoms with Crippen LogP contribution in [-0.2, 0) is 4.79 Å². The number of ether oxygens (including phenoxy) is 3. The lowest BCUT2D eigenvalue weighted by molar-refractivity contribution is -0.116. The SMILES string of the molecule is COc1cc(C2CC(=O)C3=C(C2)Nc2[nH][nH]c(=O)c2C3c2sccc2C)cc(OC)c1OC. The van der Waals surface area contributed by atoms with Crippen molar-refractivity contribution < 1.29 is 19.0 Å². The third kappa shape index (κ3) is 3.34. The van der Waals surface area contributed by atoms with Gasteiger partial charge in [0.1, 0.15) is 5.82 Å². The van der Waals surface area contributed by atoms with E-state index in [1.807, 2.05) is 30.5 Å². The molecule has 1 aliphatic heterocycles. The highest BCUT2D eigenvalue weighted by molar-refractivity contribution is 7.10. The Kier molecular flexibility index (Phi) is 5.28. The van der Waals surface area contributed by atoms with Crippen LogP contribution in [-0.4, -0.2) is 37.3 Å². The topological polar surface area (TPSA) is 105 Å². The molecule has 1 aromatic carbocycles. The van der Waals surface area contributed by atoms with Gasteiger partial charge in [-0.25, -0.2) is 0 Å². The van der Waals surface area contributed by atoms with Crippen molar-refractivity contribution in [3.63, 3.8) is 0 Å². The van der Waals surface area contributed by atoms with Gasteiger partial charge in [0.05, 0.1) is 32.8 Å². The number of nitrogens with one attached hydrogen (secondary N) is 3.